The zero-order valence-electron chi connectivity index (χ0n) is 10.7. The average molecular weight is 230 g/mol. The monoisotopic (exact) mass is 230 g/mol. The predicted octanol–water partition coefficient (Wildman–Crippen LogP) is 2.44. The first-order chi connectivity index (χ1) is 8.36. The molecule has 92 valence electrons. The van der Waals surface area contributed by atoms with Crippen LogP contribution in [-0.2, 0) is 6.42 Å². The van der Waals surface area contributed by atoms with Gasteiger partial charge in [-0.3, -0.25) is 0 Å². The van der Waals surface area contributed by atoms with Crippen LogP contribution in [0.3, 0.4) is 0 Å². The van der Waals surface area contributed by atoms with E-state index in [1.807, 2.05) is 0 Å². The molecule has 0 spiro atoms. The maximum absolute atomic E-state index is 3.55. The van der Waals surface area contributed by atoms with Crippen LogP contribution in [0.15, 0.2) is 24.3 Å². The molecule has 0 radical (unpaired) electrons. The number of fused-ring (bicyclic) bond motifs is 1. The summed E-state index contributed by atoms with van der Waals surface area (Å²) in [6.45, 7) is 5.97. The van der Waals surface area contributed by atoms with Gasteiger partial charge in [0.1, 0.15) is 0 Å². The van der Waals surface area contributed by atoms with Crippen LogP contribution in [0.2, 0.25) is 0 Å². The second kappa shape index (κ2) is 4.69. The van der Waals surface area contributed by atoms with E-state index >= 15 is 0 Å². The smallest absolute Gasteiger partial charge is 0.0440 e. The summed E-state index contributed by atoms with van der Waals surface area (Å²) in [5.74, 6) is 0.808. The summed E-state index contributed by atoms with van der Waals surface area (Å²) in [6.07, 6.45) is 3.87. The minimum absolute atomic E-state index is 0.685. The molecule has 0 saturated carbocycles. The van der Waals surface area contributed by atoms with Crippen LogP contribution in [0.5, 0.6) is 0 Å². The molecule has 0 amide bonds. The summed E-state index contributed by atoms with van der Waals surface area (Å²) >= 11 is 0. The first kappa shape index (κ1) is 11.1. The Balaban J connectivity index is 1.89. The van der Waals surface area contributed by atoms with E-state index < -0.39 is 0 Å². The normalized spacial score (nSPS) is 28.9. The zero-order valence-corrected chi connectivity index (χ0v) is 10.7. The van der Waals surface area contributed by atoms with Gasteiger partial charge in [-0.25, -0.2) is 0 Å². The third-order valence-electron chi connectivity index (χ3n) is 4.33. The Bertz CT molecular complexity index is 388. The summed E-state index contributed by atoms with van der Waals surface area (Å²) in [5.41, 5.74) is 3.02. The third-order valence-corrected chi connectivity index (χ3v) is 4.33. The number of anilines is 1. The van der Waals surface area contributed by atoms with Crippen molar-refractivity contribution in [1.29, 1.82) is 0 Å². The molecule has 2 heterocycles. The molecular formula is C15H22N2. The van der Waals surface area contributed by atoms with Gasteiger partial charge in [0.2, 0.25) is 0 Å². The van der Waals surface area contributed by atoms with E-state index in [0.717, 1.165) is 12.5 Å². The lowest BCUT2D eigenvalue weighted by Crippen LogP contribution is -2.52. The molecule has 2 heteroatoms. The van der Waals surface area contributed by atoms with E-state index in [2.05, 4.69) is 41.4 Å². The lowest BCUT2D eigenvalue weighted by molar-refractivity contribution is 0.326. The van der Waals surface area contributed by atoms with Crippen LogP contribution in [0, 0.1) is 5.92 Å². The molecule has 1 aromatic carbocycles. The van der Waals surface area contributed by atoms with Crippen LogP contribution >= 0.6 is 0 Å². The molecule has 1 fully saturated rings. The number of hydrogen-bond donors (Lipinski definition) is 1. The molecule has 2 aliphatic rings. The van der Waals surface area contributed by atoms with Crippen molar-refractivity contribution < 1.29 is 0 Å². The van der Waals surface area contributed by atoms with Crippen molar-refractivity contribution in [1.82, 2.24) is 5.32 Å². The summed E-state index contributed by atoms with van der Waals surface area (Å²) in [5, 5.41) is 3.55. The summed E-state index contributed by atoms with van der Waals surface area (Å²) in [7, 11) is 0. The maximum Gasteiger partial charge on any atom is 0.0440 e. The fourth-order valence-corrected chi connectivity index (χ4v) is 3.30. The predicted molar refractivity (Wildman–Crippen MR) is 72.5 cm³/mol. The van der Waals surface area contributed by atoms with Gasteiger partial charge in [-0.05, 0) is 43.4 Å². The standard InChI is InChI=1S/C15H22N2/c1-12-8-9-16-11-15(12)17-10-4-6-13-5-2-3-7-14(13)17/h2-3,5,7,12,15-16H,4,6,8-11H2,1H3. The molecule has 3 rings (SSSR count). The van der Waals surface area contributed by atoms with Gasteiger partial charge in [-0.1, -0.05) is 25.1 Å². The Kier molecular flexibility index (Phi) is 3.06. The first-order valence-electron chi connectivity index (χ1n) is 6.91. The molecular weight excluding hydrogens is 208 g/mol. The minimum Gasteiger partial charge on any atom is -0.367 e. The van der Waals surface area contributed by atoms with E-state index in [1.54, 1.807) is 0 Å². The molecule has 2 atom stereocenters. The van der Waals surface area contributed by atoms with Gasteiger partial charge in [0.15, 0.2) is 0 Å². The SMILES string of the molecule is CC1CCNCC1N1CCCc2ccccc21. The lowest BCUT2D eigenvalue weighted by Gasteiger charge is -2.43. The fraction of sp³-hybridized carbons (Fsp3) is 0.600. The highest BCUT2D eigenvalue weighted by Gasteiger charge is 2.29. The molecule has 2 unspecified atom stereocenters. The van der Waals surface area contributed by atoms with Crippen molar-refractivity contribution in [3.8, 4) is 0 Å². The van der Waals surface area contributed by atoms with E-state index in [-0.39, 0.29) is 0 Å². The van der Waals surface area contributed by atoms with Crippen LogP contribution in [-0.4, -0.2) is 25.7 Å². The van der Waals surface area contributed by atoms with E-state index in [0.29, 0.717) is 6.04 Å². The number of nitrogens with zero attached hydrogens (tertiary/aromatic N) is 1. The molecule has 17 heavy (non-hydrogen) atoms. The van der Waals surface area contributed by atoms with Gasteiger partial charge in [0.05, 0.1) is 0 Å². The van der Waals surface area contributed by atoms with Crippen molar-refractivity contribution in [3.05, 3.63) is 29.8 Å². The largest absolute Gasteiger partial charge is 0.367 e. The molecule has 0 bridgehead atoms. The molecule has 0 aliphatic carbocycles. The van der Waals surface area contributed by atoms with Gasteiger partial charge in [0, 0.05) is 24.8 Å². The Morgan fingerprint density at radius 2 is 2.18 bits per heavy atom. The Morgan fingerprint density at radius 1 is 1.29 bits per heavy atom. The summed E-state index contributed by atoms with van der Waals surface area (Å²) in [4.78, 5) is 2.65. The third kappa shape index (κ3) is 2.06. The highest BCUT2D eigenvalue weighted by Crippen LogP contribution is 2.31. The van der Waals surface area contributed by atoms with Gasteiger partial charge >= 0.3 is 0 Å². The maximum atomic E-state index is 3.55. The van der Waals surface area contributed by atoms with Crippen molar-refractivity contribution in [2.45, 2.75) is 32.2 Å². The second-order valence-electron chi connectivity index (χ2n) is 5.46. The topological polar surface area (TPSA) is 15.3 Å². The number of para-hydroxylation sites is 1. The molecule has 2 nitrogen and oxygen atoms in total. The summed E-state index contributed by atoms with van der Waals surface area (Å²) in [6, 6.07) is 9.63. The van der Waals surface area contributed by atoms with Crippen molar-refractivity contribution in [3.63, 3.8) is 0 Å². The van der Waals surface area contributed by atoms with Gasteiger partial charge < -0.3 is 10.2 Å². The molecule has 1 saturated heterocycles. The molecule has 1 N–H and O–H groups in total. The Morgan fingerprint density at radius 3 is 3.06 bits per heavy atom. The van der Waals surface area contributed by atoms with Gasteiger partial charge in [0.25, 0.3) is 0 Å². The highest BCUT2D eigenvalue weighted by molar-refractivity contribution is 5.56. The van der Waals surface area contributed by atoms with Crippen molar-refractivity contribution in [2.24, 2.45) is 5.92 Å². The second-order valence-corrected chi connectivity index (χ2v) is 5.46. The number of rotatable bonds is 1. The first-order valence-corrected chi connectivity index (χ1v) is 6.91. The average Bonchev–Trinajstić information content (AvgIpc) is 2.39. The number of piperidine rings is 1. The lowest BCUT2D eigenvalue weighted by atomic mass is 9.90. The quantitative estimate of drug-likeness (QED) is 0.797. The molecule has 0 aromatic heterocycles. The fourth-order valence-electron chi connectivity index (χ4n) is 3.30. The van der Waals surface area contributed by atoms with Crippen LogP contribution in [0.25, 0.3) is 0 Å². The minimum atomic E-state index is 0.685. The van der Waals surface area contributed by atoms with Gasteiger partial charge in [-0.15, -0.1) is 0 Å². The van der Waals surface area contributed by atoms with E-state index in [9.17, 15) is 0 Å². The van der Waals surface area contributed by atoms with Gasteiger partial charge in [-0.2, -0.15) is 0 Å². The number of hydrogen-bond acceptors (Lipinski definition) is 2. The van der Waals surface area contributed by atoms with E-state index in [1.165, 1.54) is 43.6 Å². The number of benzene rings is 1. The Hall–Kier alpha value is -1.02. The van der Waals surface area contributed by atoms with Crippen molar-refractivity contribution in [2.75, 3.05) is 24.5 Å². The molecule has 2 aliphatic heterocycles. The Labute approximate surface area is 104 Å². The van der Waals surface area contributed by atoms with E-state index in [4.69, 9.17) is 0 Å². The zero-order chi connectivity index (χ0) is 11.7. The van der Waals surface area contributed by atoms with Crippen LogP contribution < -0.4 is 10.2 Å². The number of nitrogens with one attached hydrogen (secondary N) is 1. The summed E-state index contributed by atoms with van der Waals surface area (Å²) < 4.78 is 0. The van der Waals surface area contributed by atoms with Crippen molar-refractivity contribution >= 4 is 5.69 Å². The van der Waals surface area contributed by atoms with Crippen LogP contribution in [0.1, 0.15) is 25.3 Å². The number of aryl methyl sites for hydroxylation is 1. The van der Waals surface area contributed by atoms with Crippen LogP contribution in [0.4, 0.5) is 5.69 Å². The molecule has 1 aromatic rings. The highest BCUT2D eigenvalue weighted by atomic mass is 15.2.